The van der Waals surface area contributed by atoms with Crippen molar-refractivity contribution in [3.05, 3.63) is 88.9 Å². The number of halogens is 2. The summed E-state index contributed by atoms with van der Waals surface area (Å²) in [6.07, 6.45) is 0. The molecule has 0 amide bonds. The third-order valence-corrected chi connectivity index (χ3v) is 6.10. The molecule has 184 valence electrons. The molecule has 1 heterocycles. The lowest BCUT2D eigenvalue weighted by molar-refractivity contribution is 0.266. The van der Waals surface area contributed by atoms with Crippen molar-refractivity contribution in [3.63, 3.8) is 0 Å². The van der Waals surface area contributed by atoms with Crippen LogP contribution in [0.1, 0.15) is 18.1 Å². The number of hydrogen-bond donors (Lipinski definition) is 1. The van der Waals surface area contributed by atoms with E-state index in [0.717, 1.165) is 45.8 Å². The van der Waals surface area contributed by atoms with E-state index in [2.05, 4.69) is 26.9 Å². The fourth-order valence-electron chi connectivity index (χ4n) is 3.31. The van der Waals surface area contributed by atoms with E-state index >= 15 is 0 Å². The third kappa shape index (κ3) is 7.60. The number of benzene rings is 3. The molecular formula is C25H27Cl2N5O2S. The van der Waals surface area contributed by atoms with Crippen LogP contribution in [0, 0.1) is 0 Å². The highest BCUT2D eigenvalue weighted by Gasteiger charge is 2.12. The molecule has 0 fully saturated rings. The molecular weight excluding hydrogens is 505 g/mol. The minimum absolute atomic E-state index is 0. The maximum Gasteiger partial charge on any atom is 0.214 e. The molecule has 0 aliphatic carbocycles. The molecule has 1 N–H and O–H groups in total. The Balaban J connectivity index is 0.00000342. The Morgan fingerprint density at radius 1 is 0.971 bits per heavy atom. The van der Waals surface area contributed by atoms with Crippen LogP contribution in [0.15, 0.2) is 78.0 Å². The second-order valence-electron chi connectivity index (χ2n) is 7.33. The monoisotopic (exact) mass is 531 g/mol. The van der Waals surface area contributed by atoms with Crippen molar-refractivity contribution in [3.8, 4) is 17.2 Å². The van der Waals surface area contributed by atoms with Gasteiger partial charge in [0, 0.05) is 29.4 Å². The summed E-state index contributed by atoms with van der Waals surface area (Å²) >= 11 is 7.60. The van der Waals surface area contributed by atoms with E-state index in [1.807, 2.05) is 73.7 Å². The predicted octanol–water partition coefficient (Wildman–Crippen LogP) is 5.60. The number of rotatable bonds is 12. The molecule has 3 aromatic carbocycles. The molecule has 0 unspecified atom stereocenters. The summed E-state index contributed by atoms with van der Waals surface area (Å²) in [5.74, 6) is 2.32. The molecule has 0 atom stereocenters. The minimum Gasteiger partial charge on any atom is -0.490 e. The third-order valence-electron chi connectivity index (χ3n) is 4.92. The summed E-state index contributed by atoms with van der Waals surface area (Å²) in [6.45, 7) is 4.41. The Hall–Kier alpha value is -2.78. The molecule has 0 aliphatic heterocycles. The lowest BCUT2D eigenvalue weighted by Gasteiger charge is -2.16. The van der Waals surface area contributed by atoms with Gasteiger partial charge in [-0.05, 0) is 53.2 Å². The van der Waals surface area contributed by atoms with Gasteiger partial charge in [-0.25, -0.2) is 0 Å². The van der Waals surface area contributed by atoms with Crippen LogP contribution in [-0.4, -0.2) is 39.1 Å². The molecule has 7 nitrogen and oxygen atoms in total. The van der Waals surface area contributed by atoms with Crippen LogP contribution in [-0.2, 0) is 13.2 Å². The van der Waals surface area contributed by atoms with Crippen LogP contribution in [0.3, 0.4) is 0 Å². The number of hydrogen-bond acceptors (Lipinski definition) is 7. The average molecular weight is 532 g/mol. The van der Waals surface area contributed by atoms with E-state index in [-0.39, 0.29) is 12.4 Å². The lowest BCUT2D eigenvalue weighted by atomic mass is 10.1. The van der Waals surface area contributed by atoms with Gasteiger partial charge >= 0.3 is 0 Å². The first-order valence-electron chi connectivity index (χ1n) is 11.0. The average Bonchev–Trinajstić information content (AvgIpc) is 3.34. The summed E-state index contributed by atoms with van der Waals surface area (Å²) in [5, 5.41) is 17.0. The van der Waals surface area contributed by atoms with Crippen molar-refractivity contribution >= 4 is 35.8 Å². The highest BCUT2D eigenvalue weighted by atomic mass is 35.5. The Morgan fingerprint density at radius 2 is 1.77 bits per heavy atom. The van der Waals surface area contributed by atoms with Crippen LogP contribution < -0.4 is 14.8 Å². The quantitative estimate of drug-likeness (QED) is 0.188. The second-order valence-corrected chi connectivity index (χ2v) is 8.83. The van der Waals surface area contributed by atoms with Crippen LogP contribution in [0.5, 0.6) is 11.5 Å². The fourth-order valence-corrected chi connectivity index (χ4v) is 4.22. The minimum atomic E-state index is 0. The normalized spacial score (nSPS) is 10.6. The summed E-state index contributed by atoms with van der Waals surface area (Å²) in [7, 11) is 0. The number of nitrogens with one attached hydrogen (secondary N) is 1. The molecule has 1 aromatic heterocycles. The molecule has 10 heteroatoms. The van der Waals surface area contributed by atoms with Gasteiger partial charge in [0.2, 0.25) is 5.16 Å². The van der Waals surface area contributed by atoms with Gasteiger partial charge in [0.1, 0.15) is 6.61 Å². The number of para-hydroxylation sites is 2. The molecule has 0 radical (unpaired) electrons. The largest absolute Gasteiger partial charge is 0.490 e. The molecule has 0 saturated carbocycles. The SMILES string of the molecule is CCOc1cccc(CNCCSc2nnnn2-c2ccccc2)c1OCc1ccc(Cl)cc1.Cl. The smallest absolute Gasteiger partial charge is 0.214 e. The van der Waals surface area contributed by atoms with E-state index in [4.69, 9.17) is 21.1 Å². The molecule has 0 aliphatic rings. The van der Waals surface area contributed by atoms with Crippen molar-refractivity contribution in [1.82, 2.24) is 25.5 Å². The van der Waals surface area contributed by atoms with E-state index in [1.54, 1.807) is 16.4 Å². The Labute approximate surface area is 220 Å². The molecule has 4 rings (SSSR count). The Morgan fingerprint density at radius 3 is 2.54 bits per heavy atom. The first-order chi connectivity index (χ1) is 16.7. The Kier molecular flexibility index (Phi) is 10.7. The van der Waals surface area contributed by atoms with Crippen molar-refractivity contribution in [2.24, 2.45) is 0 Å². The van der Waals surface area contributed by atoms with Crippen molar-refractivity contribution in [2.45, 2.75) is 25.2 Å². The molecule has 4 aromatic rings. The van der Waals surface area contributed by atoms with Gasteiger partial charge in [0.15, 0.2) is 11.5 Å². The first-order valence-corrected chi connectivity index (χ1v) is 12.4. The number of nitrogens with zero attached hydrogens (tertiary/aromatic N) is 4. The number of tetrazole rings is 1. The van der Waals surface area contributed by atoms with Gasteiger partial charge in [-0.1, -0.05) is 65.8 Å². The van der Waals surface area contributed by atoms with Gasteiger partial charge in [-0.3, -0.25) is 0 Å². The molecule has 35 heavy (non-hydrogen) atoms. The first kappa shape index (κ1) is 26.8. The highest BCUT2D eigenvalue weighted by molar-refractivity contribution is 7.99. The highest BCUT2D eigenvalue weighted by Crippen LogP contribution is 2.32. The molecule has 0 spiro atoms. The Bertz CT molecular complexity index is 1180. The van der Waals surface area contributed by atoms with Gasteiger partial charge in [0.25, 0.3) is 0 Å². The zero-order valence-electron chi connectivity index (χ0n) is 19.3. The second kappa shape index (κ2) is 13.9. The van der Waals surface area contributed by atoms with Crippen LogP contribution in [0.25, 0.3) is 5.69 Å². The lowest BCUT2D eigenvalue weighted by Crippen LogP contribution is -2.17. The topological polar surface area (TPSA) is 74.1 Å². The molecule has 0 bridgehead atoms. The zero-order chi connectivity index (χ0) is 23.6. The van der Waals surface area contributed by atoms with Gasteiger partial charge in [-0.15, -0.1) is 17.5 Å². The standard InChI is InChI=1S/C25H26ClN5O2S.ClH/c1-2-32-23-10-6-7-20(24(23)33-18-19-11-13-21(26)14-12-19)17-27-15-16-34-25-28-29-30-31(25)22-8-4-3-5-9-22;/h3-14,27H,2,15-18H2,1H3;1H. The maximum atomic E-state index is 6.18. The molecule has 0 saturated heterocycles. The summed E-state index contributed by atoms with van der Waals surface area (Å²) in [4.78, 5) is 0. The van der Waals surface area contributed by atoms with Gasteiger partial charge in [0.05, 0.1) is 12.3 Å². The predicted molar refractivity (Wildman–Crippen MR) is 142 cm³/mol. The van der Waals surface area contributed by atoms with Crippen molar-refractivity contribution < 1.29 is 9.47 Å². The van der Waals surface area contributed by atoms with Gasteiger partial charge < -0.3 is 14.8 Å². The van der Waals surface area contributed by atoms with Gasteiger partial charge in [-0.2, -0.15) is 4.68 Å². The maximum absolute atomic E-state index is 6.18. The van der Waals surface area contributed by atoms with E-state index < -0.39 is 0 Å². The fraction of sp³-hybridized carbons (Fsp3) is 0.240. The van der Waals surface area contributed by atoms with Crippen LogP contribution >= 0.6 is 35.8 Å². The summed E-state index contributed by atoms with van der Waals surface area (Å²) in [6, 6.07) is 23.5. The number of aromatic nitrogens is 4. The van der Waals surface area contributed by atoms with E-state index in [1.165, 1.54) is 0 Å². The summed E-state index contributed by atoms with van der Waals surface area (Å²) in [5.41, 5.74) is 3.03. The van der Waals surface area contributed by atoms with Crippen molar-refractivity contribution in [2.75, 3.05) is 18.9 Å². The van der Waals surface area contributed by atoms with Crippen molar-refractivity contribution in [1.29, 1.82) is 0 Å². The zero-order valence-corrected chi connectivity index (χ0v) is 21.7. The van der Waals surface area contributed by atoms with Crippen LogP contribution in [0.2, 0.25) is 5.02 Å². The summed E-state index contributed by atoms with van der Waals surface area (Å²) < 4.78 is 13.7. The number of thioether (sulfide) groups is 1. The van der Waals surface area contributed by atoms with E-state index in [0.29, 0.717) is 24.8 Å². The van der Waals surface area contributed by atoms with E-state index in [9.17, 15) is 0 Å². The van der Waals surface area contributed by atoms with Crippen LogP contribution in [0.4, 0.5) is 0 Å². The number of ether oxygens (including phenoxy) is 2.